The normalized spacial score (nSPS) is 14.5. The highest BCUT2D eigenvalue weighted by Crippen LogP contribution is 2.38. The number of hydrogen-bond donors (Lipinski definition) is 1. The molecule has 4 rings (SSSR count). The number of ketones is 1. The zero-order valence-electron chi connectivity index (χ0n) is 20.0. The molecule has 3 aromatic rings. The van der Waals surface area contributed by atoms with E-state index in [1.54, 1.807) is 80.9 Å². The summed E-state index contributed by atoms with van der Waals surface area (Å²) in [6.45, 7) is 1.39. The van der Waals surface area contributed by atoms with Crippen LogP contribution in [0.3, 0.4) is 0 Å². The van der Waals surface area contributed by atoms with Gasteiger partial charge in [-0.2, -0.15) is 0 Å². The van der Waals surface area contributed by atoms with Crippen molar-refractivity contribution in [3.8, 4) is 17.2 Å². The first-order valence-electron chi connectivity index (χ1n) is 10.9. The van der Waals surface area contributed by atoms with Gasteiger partial charge in [-0.1, -0.05) is 24.3 Å². The van der Waals surface area contributed by atoms with Crippen molar-refractivity contribution in [2.24, 2.45) is 0 Å². The first-order chi connectivity index (χ1) is 16.8. The quantitative estimate of drug-likeness (QED) is 0.393. The molecule has 1 N–H and O–H groups in total. The van der Waals surface area contributed by atoms with Crippen molar-refractivity contribution in [1.29, 1.82) is 0 Å². The third-order valence-electron chi connectivity index (χ3n) is 6.17. The molecule has 0 saturated carbocycles. The average Bonchev–Trinajstić information content (AvgIpc) is 3.14. The van der Waals surface area contributed by atoms with Crippen LogP contribution in [0.2, 0.25) is 0 Å². The molecule has 3 amide bonds. The van der Waals surface area contributed by atoms with E-state index in [4.69, 9.17) is 14.2 Å². The summed E-state index contributed by atoms with van der Waals surface area (Å²) >= 11 is 0. The van der Waals surface area contributed by atoms with Crippen molar-refractivity contribution in [3.63, 3.8) is 0 Å². The van der Waals surface area contributed by atoms with Gasteiger partial charge in [0.05, 0.1) is 27.9 Å². The third-order valence-corrected chi connectivity index (χ3v) is 6.17. The van der Waals surface area contributed by atoms with E-state index in [1.807, 2.05) is 0 Å². The zero-order chi connectivity index (χ0) is 25.2. The summed E-state index contributed by atoms with van der Waals surface area (Å²) < 4.78 is 16.0. The Kier molecular flexibility index (Phi) is 6.46. The van der Waals surface area contributed by atoms with Crippen LogP contribution in [0.4, 0.5) is 4.79 Å². The minimum atomic E-state index is -1.46. The Labute approximate surface area is 203 Å². The van der Waals surface area contributed by atoms with Crippen LogP contribution in [-0.4, -0.2) is 44.0 Å². The molecule has 0 aliphatic carbocycles. The van der Waals surface area contributed by atoms with Gasteiger partial charge in [0.25, 0.3) is 5.91 Å². The molecule has 0 unspecified atom stereocenters. The number of imide groups is 1. The Morgan fingerprint density at radius 1 is 0.829 bits per heavy atom. The minimum absolute atomic E-state index is 0.0664. The van der Waals surface area contributed by atoms with Gasteiger partial charge in [-0.05, 0) is 60.5 Å². The fourth-order valence-corrected chi connectivity index (χ4v) is 4.25. The Balaban J connectivity index is 1.80. The minimum Gasteiger partial charge on any atom is -0.497 e. The second kappa shape index (κ2) is 9.50. The van der Waals surface area contributed by atoms with Crippen LogP contribution in [0.5, 0.6) is 17.2 Å². The molecule has 35 heavy (non-hydrogen) atoms. The Bertz CT molecular complexity index is 1220. The number of rotatable bonds is 8. The van der Waals surface area contributed by atoms with Crippen LogP contribution in [0.15, 0.2) is 66.7 Å². The lowest BCUT2D eigenvalue weighted by Crippen LogP contribution is -2.45. The number of Topliss-reactive ketones (excluding diaryl/α,β-unsaturated/α-hetero) is 1. The van der Waals surface area contributed by atoms with Gasteiger partial charge in [-0.3, -0.25) is 14.5 Å². The second-order valence-electron chi connectivity index (χ2n) is 8.11. The fourth-order valence-electron chi connectivity index (χ4n) is 4.25. The number of hydrogen-bond acceptors (Lipinski definition) is 6. The van der Waals surface area contributed by atoms with E-state index in [1.165, 1.54) is 14.0 Å². The lowest BCUT2D eigenvalue weighted by molar-refractivity contribution is -0.130. The number of amides is 3. The van der Waals surface area contributed by atoms with Crippen LogP contribution in [0.1, 0.15) is 34.0 Å². The molecule has 1 heterocycles. The van der Waals surface area contributed by atoms with Crippen molar-refractivity contribution < 1.29 is 28.6 Å². The zero-order valence-corrected chi connectivity index (χ0v) is 20.0. The van der Waals surface area contributed by atoms with Gasteiger partial charge in [-0.25, -0.2) is 4.79 Å². The van der Waals surface area contributed by atoms with Crippen molar-refractivity contribution in [3.05, 3.63) is 89.0 Å². The van der Waals surface area contributed by atoms with E-state index < -0.39 is 17.5 Å². The number of benzene rings is 3. The average molecular weight is 475 g/mol. The van der Waals surface area contributed by atoms with E-state index in [0.717, 1.165) is 4.90 Å². The maximum atomic E-state index is 14.0. The van der Waals surface area contributed by atoms with Crippen molar-refractivity contribution in [2.45, 2.75) is 19.0 Å². The molecule has 1 saturated heterocycles. The van der Waals surface area contributed by atoms with Crippen LogP contribution >= 0.6 is 0 Å². The van der Waals surface area contributed by atoms with Gasteiger partial charge in [0.1, 0.15) is 17.2 Å². The Morgan fingerprint density at radius 3 is 1.83 bits per heavy atom. The van der Waals surface area contributed by atoms with Crippen LogP contribution in [-0.2, 0) is 16.9 Å². The van der Waals surface area contributed by atoms with Crippen LogP contribution in [0.25, 0.3) is 0 Å². The summed E-state index contributed by atoms with van der Waals surface area (Å²) in [5, 5.41) is 2.92. The van der Waals surface area contributed by atoms with Gasteiger partial charge in [0.2, 0.25) is 0 Å². The number of nitrogens with zero attached hydrogens (tertiary/aromatic N) is 1. The second-order valence-corrected chi connectivity index (χ2v) is 8.11. The molecule has 8 heteroatoms. The lowest BCUT2D eigenvalue weighted by atomic mass is 9.82. The number of carbonyl (C=O) groups excluding carboxylic acids is 3. The van der Waals surface area contributed by atoms with E-state index in [0.29, 0.717) is 39.5 Å². The van der Waals surface area contributed by atoms with E-state index in [9.17, 15) is 14.4 Å². The predicted molar refractivity (Wildman–Crippen MR) is 129 cm³/mol. The largest absolute Gasteiger partial charge is 0.497 e. The Hall–Kier alpha value is -4.33. The molecule has 3 aromatic carbocycles. The maximum absolute atomic E-state index is 14.0. The van der Waals surface area contributed by atoms with Gasteiger partial charge < -0.3 is 19.5 Å². The lowest BCUT2D eigenvalue weighted by Gasteiger charge is -2.28. The van der Waals surface area contributed by atoms with Gasteiger partial charge >= 0.3 is 6.03 Å². The van der Waals surface area contributed by atoms with Crippen molar-refractivity contribution in [2.75, 3.05) is 21.3 Å². The van der Waals surface area contributed by atoms with Gasteiger partial charge in [0.15, 0.2) is 11.3 Å². The number of carbonyl (C=O) groups is 3. The molecular weight excluding hydrogens is 448 g/mol. The summed E-state index contributed by atoms with van der Waals surface area (Å²) in [6, 6.07) is 18.3. The number of urea groups is 1. The van der Waals surface area contributed by atoms with Crippen molar-refractivity contribution >= 4 is 17.7 Å². The summed E-state index contributed by atoms with van der Waals surface area (Å²) in [4.78, 5) is 40.4. The summed E-state index contributed by atoms with van der Waals surface area (Å²) in [5.41, 5.74) is 0.706. The molecule has 0 aromatic heterocycles. The predicted octanol–water partition coefficient (Wildman–Crippen LogP) is 3.91. The molecule has 180 valence electrons. The van der Waals surface area contributed by atoms with E-state index in [2.05, 4.69) is 5.32 Å². The van der Waals surface area contributed by atoms with Gasteiger partial charge in [0, 0.05) is 11.1 Å². The summed E-state index contributed by atoms with van der Waals surface area (Å²) in [7, 11) is 4.61. The highest BCUT2D eigenvalue weighted by molar-refractivity contribution is 6.09. The maximum Gasteiger partial charge on any atom is 0.325 e. The third kappa shape index (κ3) is 4.19. The number of methoxy groups -OCH3 is 3. The number of nitrogens with one attached hydrogen (secondary N) is 1. The standard InChI is InChI=1S/C27H26N2O6/c1-17(30)18-5-14-24(35-4)19(15-18)16-29-25(31)27(28-26(29)32,20-6-10-22(33-2)11-7-20)21-8-12-23(34-3)13-9-21/h5-15H,16H2,1-4H3,(H,28,32). The van der Waals surface area contributed by atoms with Crippen molar-refractivity contribution in [1.82, 2.24) is 10.2 Å². The molecule has 1 fully saturated rings. The molecule has 0 spiro atoms. The fraction of sp³-hybridized carbons (Fsp3) is 0.222. The molecule has 1 aliphatic heterocycles. The number of ether oxygens (including phenoxy) is 3. The SMILES string of the molecule is COc1ccc(C2(c3ccc(OC)cc3)NC(=O)N(Cc3cc(C(C)=O)ccc3OC)C2=O)cc1. The monoisotopic (exact) mass is 474 g/mol. The van der Waals surface area contributed by atoms with Crippen LogP contribution < -0.4 is 19.5 Å². The Morgan fingerprint density at radius 2 is 1.37 bits per heavy atom. The van der Waals surface area contributed by atoms with E-state index in [-0.39, 0.29) is 12.3 Å². The van der Waals surface area contributed by atoms with Crippen LogP contribution in [0, 0.1) is 0 Å². The first kappa shape index (κ1) is 23.8. The summed E-state index contributed by atoms with van der Waals surface area (Å²) in [6.07, 6.45) is 0. The first-order valence-corrected chi connectivity index (χ1v) is 10.9. The van der Waals surface area contributed by atoms with Gasteiger partial charge in [-0.15, -0.1) is 0 Å². The molecule has 1 aliphatic rings. The topological polar surface area (TPSA) is 94.2 Å². The molecule has 8 nitrogen and oxygen atoms in total. The highest BCUT2D eigenvalue weighted by atomic mass is 16.5. The molecule has 0 atom stereocenters. The molecule has 0 bridgehead atoms. The smallest absolute Gasteiger partial charge is 0.325 e. The summed E-state index contributed by atoms with van der Waals surface area (Å²) in [5.74, 6) is 1.14. The molecule has 0 radical (unpaired) electrons. The molecular formula is C27H26N2O6. The highest BCUT2D eigenvalue weighted by Gasteiger charge is 2.53. The van der Waals surface area contributed by atoms with E-state index >= 15 is 0 Å².